The highest BCUT2D eigenvalue weighted by Gasteiger charge is 2.34. The number of pyridine rings is 1. The summed E-state index contributed by atoms with van der Waals surface area (Å²) in [5, 5.41) is 2.92. The van der Waals surface area contributed by atoms with Crippen molar-refractivity contribution in [3.8, 4) is 0 Å². The summed E-state index contributed by atoms with van der Waals surface area (Å²) in [5.41, 5.74) is 2.31. The van der Waals surface area contributed by atoms with Crippen molar-refractivity contribution in [3.05, 3.63) is 78.3 Å². The first kappa shape index (κ1) is 24.1. The zero-order valence-electron chi connectivity index (χ0n) is 19.4. The van der Waals surface area contributed by atoms with Crippen molar-refractivity contribution in [1.82, 2.24) is 15.3 Å². The molecule has 0 bridgehead atoms. The van der Waals surface area contributed by atoms with Crippen LogP contribution in [0.3, 0.4) is 0 Å². The van der Waals surface area contributed by atoms with E-state index < -0.39 is 11.9 Å². The maximum absolute atomic E-state index is 13.6. The molecule has 2 amide bonds. The standard InChI is InChI=1S/C25H30N4O4/c1-25(2,3)19-8-10-20(11-9-19)29(24(31)21-16-33-17-28-21)22(18-7-5-12-26-15-18)23(30)27-13-6-14-32-4/h5,7-12,15-17,22H,6,13-14H2,1-4H3,(H,27,30). The van der Waals surface area contributed by atoms with Crippen molar-refractivity contribution in [2.45, 2.75) is 38.6 Å². The number of aromatic nitrogens is 2. The van der Waals surface area contributed by atoms with Gasteiger partial charge in [-0.25, -0.2) is 4.98 Å². The van der Waals surface area contributed by atoms with Crippen molar-refractivity contribution in [3.63, 3.8) is 0 Å². The molecule has 3 aromatic rings. The molecule has 2 aromatic heterocycles. The molecular formula is C25H30N4O4. The molecule has 1 atom stereocenters. The van der Waals surface area contributed by atoms with Gasteiger partial charge in [0.2, 0.25) is 5.91 Å². The number of hydrogen-bond donors (Lipinski definition) is 1. The summed E-state index contributed by atoms with van der Waals surface area (Å²) in [5.74, 6) is -0.774. The van der Waals surface area contributed by atoms with E-state index in [1.807, 2.05) is 24.3 Å². The van der Waals surface area contributed by atoms with E-state index in [9.17, 15) is 9.59 Å². The summed E-state index contributed by atoms with van der Waals surface area (Å²) in [7, 11) is 1.61. The molecule has 0 aliphatic heterocycles. The first-order valence-corrected chi connectivity index (χ1v) is 10.8. The van der Waals surface area contributed by atoms with E-state index in [0.29, 0.717) is 30.8 Å². The molecule has 1 unspecified atom stereocenters. The van der Waals surface area contributed by atoms with Crippen LogP contribution < -0.4 is 10.2 Å². The van der Waals surface area contributed by atoms with Gasteiger partial charge < -0.3 is 14.5 Å². The highest BCUT2D eigenvalue weighted by atomic mass is 16.5. The fourth-order valence-corrected chi connectivity index (χ4v) is 3.43. The highest BCUT2D eigenvalue weighted by Crippen LogP contribution is 2.31. The summed E-state index contributed by atoms with van der Waals surface area (Å²) in [6.07, 6.45) is 6.33. The Morgan fingerprint density at radius 1 is 1.18 bits per heavy atom. The van der Waals surface area contributed by atoms with Gasteiger partial charge in [-0.05, 0) is 35.6 Å². The van der Waals surface area contributed by atoms with Crippen LogP contribution in [0.4, 0.5) is 5.69 Å². The number of carbonyl (C=O) groups excluding carboxylic acids is 2. The zero-order chi connectivity index (χ0) is 23.8. The lowest BCUT2D eigenvalue weighted by Gasteiger charge is -2.31. The molecule has 33 heavy (non-hydrogen) atoms. The summed E-state index contributed by atoms with van der Waals surface area (Å²) in [4.78, 5) is 36.6. The van der Waals surface area contributed by atoms with Gasteiger partial charge >= 0.3 is 0 Å². The third-order valence-electron chi connectivity index (χ3n) is 5.21. The van der Waals surface area contributed by atoms with Crippen LogP contribution in [0.2, 0.25) is 0 Å². The van der Waals surface area contributed by atoms with Crippen LogP contribution in [-0.4, -0.2) is 42.0 Å². The minimum Gasteiger partial charge on any atom is -0.451 e. The van der Waals surface area contributed by atoms with Gasteiger partial charge in [0, 0.05) is 43.9 Å². The smallest absolute Gasteiger partial charge is 0.281 e. The zero-order valence-corrected chi connectivity index (χ0v) is 19.4. The molecule has 2 heterocycles. The topological polar surface area (TPSA) is 97.6 Å². The van der Waals surface area contributed by atoms with Crippen LogP contribution in [0.25, 0.3) is 0 Å². The molecule has 1 N–H and O–H groups in total. The second kappa shape index (κ2) is 10.9. The monoisotopic (exact) mass is 450 g/mol. The Labute approximate surface area is 194 Å². The maximum atomic E-state index is 13.6. The molecule has 1 aromatic carbocycles. The largest absolute Gasteiger partial charge is 0.451 e. The first-order chi connectivity index (χ1) is 15.8. The molecule has 0 aliphatic carbocycles. The van der Waals surface area contributed by atoms with Crippen molar-refractivity contribution in [2.75, 3.05) is 25.2 Å². The van der Waals surface area contributed by atoms with Gasteiger partial charge in [0.1, 0.15) is 12.3 Å². The Kier molecular flexibility index (Phi) is 7.95. The number of nitrogens with zero attached hydrogens (tertiary/aromatic N) is 3. The molecule has 174 valence electrons. The van der Waals surface area contributed by atoms with Crippen LogP contribution in [0.15, 0.2) is 65.9 Å². The van der Waals surface area contributed by atoms with Gasteiger partial charge in [0.15, 0.2) is 12.1 Å². The number of amides is 2. The van der Waals surface area contributed by atoms with Crippen LogP contribution in [0.1, 0.15) is 54.8 Å². The SMILES string of the molecule is COCCCNC(=O)C(c1cccnc1)N(C(=O)c1cocn1)c1ccc(C(C)(C)C)cc1. The third-order valence-corrected chi connectivity index (χ3v) is 5.21. The molecule has 0 saturated heterocycles. The van der Waals surface area contributed by atoms with Crippen molar-refractivity contribution < 1.29 is 18.7 Å². The third kappa shape index (κ3) is 6.04. The van der Waals surface area contributed by atoms with Gasteiger partial charge in [-0.3, -0.25) is 19.5 Å². The van der Waals surface area contributed by atoms with Crippen LogP contribution in [0, 0.1) is 0 Å². The Bertz CT molecular complexity index is 1030. The van der Waals surface area contributed by atoms with Crippen LogP contribution in [0.5, 0.6) is 0 Å². The van der Waals surface area contributed by atoms with Crippen molar-refractivity contribution >= 4 is 17.5 Å². The van der Waals surface area contributed by atoms with E-state index in [0.717, 1.165) is 5.56 Å². The molecule has 0 fully saturated rings. The lowest BCUT2D eigenvalue weighted by atomic mass is 9.87. The molecule has 0 aliphatic rings. The summed E-state index contributed by atoms with van der Waals surface area (Å²) in [6, 6.07) is 10.2. The van der Waals surface area contributed by atoms with E-state index in [-0.39, 0.29) is 17.0 Å². The summed E-state index contributed by atoms with van der Waals surface area (Å²) < 4.78 is 10.1. The minimum absolute atomic E-state index is 0.0546. The molecular weight excluding hydrogens is 420 g/mol. The Morgan fingerprint density at radius 3 is 2.52 bits per heavy atom. The van der Waals surface area contributed by atoms with Crippen molar-refractivity contribution in [1.29, 1.82) is 0 Å². The molecule has 0 radical (unpaired) electrons. The van der Waals surface area contributed by atoms with E-state index >= 15 is 0 Å². The minimum atomic E-state index is -0.953. The number of benzene rings is 1. The molecule has 0 saturated carbocycles. The molecule has 3 rings (SSSR count). The predicted molar refractivity (Wildman–Crippen MR) is 125 cm³/mol. The fourth-order valence-electron chi connectivity index (χ4n) is 3.43. The second-order valence-electron chi connectivity index (χ2n) is 8.67. The Balaban J connectivity index is 2.05. The number of carbonyl (C=O) groups is 2. The molecule has 0 spiro atoms. The Hall–Kier alpha value is -3.52. The van der Waals surface area contributed by atoms with Crippen molar-refractivity contribution in [2.24, 2.45) is 0 Å². The van der Waals surface area contributed by atoms with E-state index in [1.165, 1.54) is 17.6 Å². The summed E-state index contributed by atoms with van der Waals surface area (Å²) >= 11 is 0. The number of hydrogen-bond acceptors (Lipinski definition) is 6. The lowest BCUT2D eigenvalue weighted by Crippen LogP contribution is -2.44. The number of anilines is 1. The second-order valence-corrected chi connectivity index (χ2v) is 8.67. The van der Waals surface area contributed by atoms with E-state index in [4.69, 9.17) is 9.15 Å². The molecule has 8 nitrogen and oxygen atoms in total. The molecule has 8 heteroatoms. The van der Waals surface area contributed by atoms with Gasteiger partial charge in [-0.2, -0.15) is 0 Å². The maximum Gasteiger partial charge on any atom is 0.281 e. The predicted octanol–water partition coefficient (Wildman–Crippen LogP) is 3.91. The Morgan fingerprint density at radius 2 is 1.94 bits per heavy atom. The van der Waals surface area contributed by atoms with E-state index in [1.54, 1.807) is 31.6 Å². The first-order valence-electron chi connectivity index (χ1n) is 10.8. The van der Waals surface area contributed by atoms with Crippen LogP contribution >= 0.6 is 0 Å². The lowest BCUT2D eigenvalue weighted by molar-refractivity contribution is -0.122. The van der Waals surface area contributed by atoms with Gasteiger partial charge in [0.25, 0.3) is 5.91 Å². The fraction of sp³-hybridized carbons (Fsp3) is 0.360. The van der Waals surface area contributed by atoms with Crippen LogP contribution in [-0.2, 0) is 14.9 Å². The quantitative estimate of drug-likeness (QED) is 0.497. The number of methoxy groups -OCH3 is 1. The normalized spacial score (nSPS) is 12.2. The highest BCUT2D eigenvalue weighted by molar-refractivity contribution is 6.08. The average molecular weight is 451 g/mol. The number of oxazole rings is 1. The van der Waals surface area contributed by atoms with E-state index in [2.05, 4.69) is 36.1 Å². The average Bonchev–Trinajstić information content (AvgIpc) is 3.35. The number of nitrogens with one attached hydrogen (secondary N) is 1. The van der Waals surface area contributed by atoms with Gasteiger partial charge in [-0.15, -0.1) is 0 Å². The summed E-state index contributed by atoms with van der Waals surface area (Å²) in [6.45, 7) is 7.29. The number of ether oxygens (including phenoxy) is 1. The van der Waals surface area contributed by atoms with Gasteiger partial charge in [-0.1, -0.05) is 39.0 Å². The van der Waals surface area contributed by atoms with Gasteiger partial charge in [0.05, 0.1) is 0 Å². The number of rotatable bonds is 9.